The molecule has 166 valence electrons. The Morgan fingerprint density at radius 2 is 1.97 bits per heavy atom. The lowest BCUT2D eigenvalue weighted by Crippen LogP contribution is -2.31. The maximum absolute atomic E-state index is 4.88. The fourth-order valence-corrected chi connectivity index (χ4v) is 4.71. The van der Waals surface area contributed by atoms with Gasteiger partial charge in [0.05, 0.1) is 0 Å². The molecular formula is C25H36N6. The summed E-state index contributed by atoms with van der Waals surface area (Å²) in [7, 11) is 2.17. The predicted octanol–water partition coefficient (Wildman–Crippen LogP) is 4.82. The molecule has 3 heterocycles. The molecule has 1 fully saturated rings. The summed E-state index contributed by atoms with van der Waals surface area (Å²) in [6.07, 6.45) is 7.62. The van der Waals surface area contributed by atoms with Crippen molar-refractivity contribution in [2.45, 2.75) is 52.0 Å². The molecule has 1 N–H and O–H groups in total. The zero-order chi connectivity index (χ0) is 21.8. The molecule has 1 aromatic carbocycles. The molecular weight excluding hydrogens is 384 g/mol. The van der Waals surface area contributed by atoms with E-state index < -0.39 is 0 Å². The summed E-state index contributed by atoms with van der Waals surface area (Å²) in [5.41, 5.74) is 4.50. The molecule has 0 bridgehead atoms. The molecule has 2 aliphatic heterocycles. The second kappa shape index (κ2) is 9.69. The molecule has 31 heavy (non-hydrogen) atoms. The third-order valence-electron chi connectivity index (χ3n) is 6.61. The average molecular weight is 421 g/mol. The molecule has 0 radical (unpaired) electrons. The van der Waals surface area contributed by atoms with Gasteiger partial charge in [0.1, 0.15) is 5.82 Å². The number of nitrogens with zero attached hydrogens (tertiary/aromatic N) is 5. The highest BCUT2D eigenvalue weighted by atomic mass is 15.3. The predicted molar refractivity (Wildman–Crippen MR) is 130 cm³/mol. The van der Waals surface area contributed by atoms with Crippen molar-refractivity contribution in [2.75, 3.05) is 48.3 Å². The Morgan fingerprint density at radius 1 is 1.19 bits per heavy atom. The maximum atomic E-state index is 4.88. The van der Waals surface area contributed by atoms with Gasteiger partial charge in [0.2, 0.25) is 5.95 Å². The lowest BCUT2D eigenvalue weighted by atomic mass is 10.1. The van der Waals surface area contributed by atoms with Crippen molar-refractivity contribution in [1.29, 1.82) is 0 Å². The van der Waals surface area contributed by atoms with Crippen molar-refractivity contribution in [2.24, 2.45) is 0 Å². The lowest BCUT2D eigenvalue weighted by Gasteiger charge is -2.28. The van der Waals surface area contributed by atoms with E-state index in [4.69, 9.17) is 4.98 Å². The van der Waals surface area contributed by atoms with Crippen LogP contribution in [-0.2, 0) is 6.42 Å². The normalized spacial score (nSPS) is 16.3. The van der Waals surface area contributed by atoms with Gasteiger partial charge in [-0.1, -0.05) is 26.5 Å². The summed E-state index contributed by atoms with van der Waals surface area (Å²) >= 11 is 0. The third kappa shape index (κ3) is 4.85. The highest BCUT2D eigenvalue weighted by Crippen LogP contribution is 2.36. The first-order chi connectivity index (χ1) is 15.1. The number of anilines is 4. The Morgan fingerprint density at radius 3 is 2.71 bits per heavy atom. The third-order valence-corrected chi connectivity index (χ3v) is 6.61. The van der Waals surface area contributed by atoms with E-state index in [1.165, 1.54) is 31.6 Å². The molecule has 0 unspecified atom stereocenters. The Labute approximate surface area is 187 Å². The van der Waals surface area contributed by atoms with Crippen LogP contribution in [-0.4, -0.2) is 54.1 Å². The monoisotopic (exact) mass is 420 g/mol. The van der Waals surface area contributed by atoms with Gasteiger partial charge >= 0.3 is 0 Å². The van der Waals surface area contributed by atoms with E-state index >= 15 is 0 Å². The summed E-state index contributed by atoms with van der Waals surface area (Å²) in [6.45, 7) is 13.4. The number of nitrogens with one attached hydrogen (secondary N) is 1. The van der Waals surface area contributed by atoms with E-state index in [9.17, 15) is 0 Å². The van der Waals surface area contributed by atoms with Gasteiger partial charge in [-0.3, -0.25) is 0 Å². The van der Waals surface area contributed by atoms with Crippen LogP contribution in [0.4, 0.5) is 23.1 Å². The number of allylic oxidation sites excluding steroid dienone is 1. The Hall–Kier alpha value is -2.60. The molecule has 0 atom stereocenters. The number of rotatable bonds is 9. The Kier molecular flexibility index (Phi) is 6.76. The van der Waals surface area contributed by atoms with Gasteiger partial charge in [-0.2, -0.15) is 4.98 Å². The van der Waals surface area contributed by atoms with Crippen molar-refractivity contribution in [1.82, 2.24) is 14.9 Å². The molecule has 6 nitrogen and oxygen atoms in total. The SMILES string of the molecule is C=C1Cc2cnc(Nc3cccc(N(C)CCN4CCCC4)c3)nc2N1C(CC)CC. The second-order valence-corrected chi connectivity index (χ2v) is 8.77. The van der Waals surface area contributed by atoms with Crippen molar-refractivity contribution in [3.8, 4) is 0 Å². The van der Waals surface area contributed by atoms with Crippen molar-refractivity contribution < 1.29 is 0 Å². The van der Waals surface area contributed by atoms with Gasteiger partial charge in [0.15, 0.2) is 0 Å². The van der Waals surface area contributed by atoms with E-state index in [1.807, 2.05) is 6.20 Å². The first-order valence-electron chi connectivity index (χ1n) is 11.7. The van der Waals surface area contributed by atoms with E-state index in [1.54, 1.807) is 0 Å². The van der Waals surface area contributed by atoms with Gasteiger partial charge in [-0.15, -0.1) is 0 Å². The molecule has 1 saturated heterocycles. The first-order valence-corrected chi connectivity index (χ1v) is 11.7. The average Bonchev–Trinajstić information content (AvgIpc) is 3.41. The quantitative estimate of drug-likeness (QED) is 0.628. The van der Waals surface area contributed by atoms with Gasteiger partial charge in [0.25, 0.3) is 0 Å². The maximum Gasteiger partial charge on any atom is 0.229 e. The van der Waals surface area contributed by atoms with Crippen LogP contribution in [0.3, 0.4) is 0 Å². The smallest absolute Gasteiger partial charge is 0.229 e. The fraction of sp³-hybridized carbons (Fsp3) is 0.520. The zero-order valence-electron chi connectivity index (χ0n) is 19.3. The number of fused-ring (bicyclic) bond motifs is 1. The Balaban J connectivity index is 1.46. The number of benzene rings is 1. The topological polar surface area (TPSA) is 47.5 Å². The number of likely N-dealkylation sites (tertiary alicyclic amines) is 1. The van der Waals surface area contributed by atoms with Crippen molar-refractivity contribution in [3.05, 3.63) is 48.3 Å². The van der Waals surface area contributed by atoms with Gasteiger partial charge in [-0.25, -0.2) is 4.98 Å². The van der Waals surface area contributed by atoms with Gasteiger partial charge < -0.3 is 20.0 Å². The highest BCUT2D eigenvalue weighted by Gasteiger charge is 2.29. The van der Waals surface area contributed by atoms with E-state index in [-0.39, 0.29) is 0 Å². The van der Waals surface area contributed by atoms with E-state index in [0.717, 1.165) is 55.1 Å². The molecule has 6 heteroatoms. The van der Waals surface area contributed by atoms with Crippen LogP contribution in [0.15, 0.2) is 42.7 Å². The minimum absolute atomic E-state index is 0.434. The molecule has 0 spiro atoms. The highest BCUT2D eigenvalue weighted by molar-refractivity contribution is 5.66. The van der Waals surface area contributed by atoms with Crippen LogP contribution in [0.5, 0.6) is 0 Å². The number of hydrogen-bond acceptors (Lipinski definition) is 6. The molecule has 0 aliphatic carbocycles. The van der Waals surface area contributed by atoms with Crippen LogP contribution >= 0.6 is 0 Å². The van der Waals surface area contributed by atoms with Gasteiger partial charge in [-0.05, 0) is 57.0 Å². The minimum atomic E-state index is 0.434. The van der Waals surface area contributed by atoms with Crippen LogP contribution in [0.1, 0.15) is 45.1 Å². The molecule has 1 aromatic heterocycles. The van der Waals surface area contributed by atoms with E-state index in [2.05, 4.69) is 76.7 Å². The van der Waals surface area contributed by atoms with Crippen LogP contribution in [0.25, 0.3) is 0 Å². The standard InChI is InChI=1S/C25H36N6/c1-5-22(6-2)31-19(3)16-20-18-26-25(28-24(20)31)27-21-10-9-11-23(17-21)29(4)14-15-30-12-7-8-13-30/h9-11,17-18,22H,3,5-8,12-16H2,1-2,4H3,(H,26,27,28). The summed E-state index contributed by atoms with van der Waals surface area (Å²) in [5.74, 6) is 1.65. The first kappa shape index (κ1) is 21.6. The van der Waals surface area contributed by atoms with Gasteiger partial charge in [0, 0.05) is 61.4 Å². The number of hydrogen-bond donors (Lipinski definition) is 1. The summed E-state index contributed by atoms with van der Waals surface area (Å²) in [4.78, 5) is 16.6. The fourth-order valence-electron chi connectivity index (χ4n) is 4.71. The summed E-state index contributed by atoms with van der Waals surface area (Å²) in [5, 5.41) is 3.42. The molecule has 0 amide bonds. The van der Waals surface area contributed by atoms with Crippen LogP contribution in [0, 0.1) is 0 Å². The van der Waals surface area contributed by atoms with Crippen molar-refractivity contribution >= 4 is 23.1 Å². The summed E-state index contributed by atoms with van der Waals surface area (Å²) < 4.78 is 0. The van der Waals surface area contributed by atoms with Crippen molar-refractivity contribution in [3.63, 3.8) is 0 Å². The molecule has 2 aromatic rings. The summed E-state index contributed by atoms with van der Waals surface area (Å²) in [6, 6.07) is 8.95. The molecule has 0 saturated carbocycles. The number of likely N-dealkylation sites (N-methyl/N-ethyl adjacent to an activating group) is 1. The Bertz CT molecular complexity index is 901. The lowest BCUT2D eigenvalue weighted by molar-refractivity contribution is 0.346. The van der Waals surface area contributed by atoms with Crippen LogP contribution in [0.2, 0.25) is 0 Å². The van der Waals surface area contributed by atoms with Crippen LogP contribution < -0.4 is 15.1 Å². The molecule has 4 rings (SSSR count). The zero-order valence-corrected chi connectivity index (χ0v) is 19.3. The minimum Gasteiger partial charge on any atom is -0.373 e. The molecule has 2 aliphatic rings. The second-order valence-electron chi connectivity index (χ2n) is 8.77. The largest absolute Gasteiger partial charge is 0.373 e. The van der Waals surface area contributed by atoms with E-state index in [0.29, 0.717) is 12.0 Å². The number of aromatic nitrogens is 2.